The minimum atomic E-state index is -1.10. The molecule has 194 valence electrons. The number of ketones is 1. The molecule has 0 aliphatic carbocycles. The Balaban J connectivity index is 1.71. The lowest BCUT2D eigenvalue weighted by Gasteiger charge is -2.23. The van der Waals surface area contributed by atoms with Crippen LogP contribution in [0.2, 0.25) is 0 Å². The van der Waals surface area contributed by atoms with Crippen molar-refractivity contribution in [3.8, 4) is 17.2 Å². The van der Waals surface area contributed by atoms with E-state index in [0.29, 0.717) is 33.7 Å². The first-order valence-corrected chi connectivity index (χ1v) is 12.6. The summed E-state index contributed by atoms with van der Waals surface area (Å²) in [7, 11) is 1.37. The van der Waals surface area contributed by atoms with E-state index in [1.54, 1.807) is 24.3 Å². The Morgan fingerprint density at radius 3 is 2.71 bits per heavy atom. The molecule has 38 heavy (non-hydrogen) atoms. The summed E-state index contributed by atoms with van der Waals surface area (Å²) in [5.41, 5.74) is 0.972. The van der Waals surface area contributed by atoms with Crippen LogP contribution in [0.15, 0.2) is 66.2 Å². The summed E-state index contributed by atoms with van der Waals surface area (Å²) in [6.45, 7) is 2.44. The largest absolute Gasteiger partial charge is 0.507 e. The molecular formula is C28H23FN2O6S. The van der Waals surface area contributed by atoms with E-state index in [9.17, 15) is 24.2 Å². The van der Waals surface area contributed by atoms with Crippen molar-refractivity contribution in [2.75, 3.05) is 18.6 Å². The van der Waals surface area contributed by atoms with Crippen LogP contribution in [0.5, 0.6) is 17.2 Å². The van der Waals surface area contributed by atoms with Gasteiger partial charge < -0.3 is 19.7 Å². The van der Waals surface area contributed by atoms with Crippen LogP contribution in [-0.4, -0.2) is 40.6 Å². The van der Waals surface area contributed by atoms with Gasteiger partial charge in [-0.15, -0.1) is 0 Å². The number of nitrogens with zero attached hydrogens (tertiary/aromatic N) is 2. The monoisotopic (exact) mass is 534 g/mol. The Morgan fingerprint density at radius 2 is 1.95 bits per heavy atom. The average molecular weight is 535 g/mol. The lowest BCUT2D eigenvalue weighted by atomic mass is 9.95. The summed E-state index contributed by atoms with van der Waals surface area (Å²) in [4.78, 5) is 32.5. The maximum Gasteiger partial charge on any atom is 0.301 e. The van der Waals surface area contributed by atoms with Gasteiger partial charge in [0.25, 0.3) is 5.78 Å². The van der Waals surface area contributed by atoms with Crippen LogP contribution < -0.4 is 14.4 Å². The number of hydrogen-bond donors (Lipinski definition) is 2. The number of aliphatic hydroxyl groups excluding tert-OH is 1. The normalized spacial score (nSPS) is 16.8. The first kappa shape index (κ1) is 25.2. The number of benzene rings is 3. The molecule has 1 unspecified atom stereocenters. The van der Waals surface area contributed by atoms with Gasteiger partial charge in [-0.25, -0.2) is 9.37 Å². The number of carbonyl (C=O) groups is 2. The van der Waals surface area contributed by atoms with Gasteiger partial charge in [-0.1, -0.05) is 36.5 Å². The van der Waals surface area contributed by atoms with Crippen molar-refractivity contribution in [1.29, 1.82) is 0 Å². The number of aromatic hydroxyl groups is 1. The van der Waals surface area contributed by atoms with Crippen LogP contribution in [0.3, 0.4) is 0 Å². The number of fused-ring (bicyclic) bond motifs is 1. The third kappa shape index (κ3) is 4.43. The smallest absolute Gasteiger partial charge is 0.301 e. The Labute approximate surface area is 221 Å². The van der Waals surface area contributed by atoms with Crippen molar-refractivity contribution in [3.05, 3.63) is 83.2 Å². The Morgan fingerprint density at radius 1 is 1.13 bits per heavy atom. The Bertz CT molecular complexity index is 1600. The van der Waals surface area contributed by atoms with Crippen LogP contribution >= 0.6 is 11.3 Å². The Hall–Kier alpha value is -4.44. The summed E-state index contributed by atoms with van der Waals surface area (Å²) in [6.07, 6.45) is 0.788. The SMILES string of the molecule is CCCOc1cccc(/C(O)=C2\C(=O)C(=O)N(c3nc4ccc(F)cc4s3)C2c2ccc(O)c(OC)c2)c1. The number of carbonyl (C=O) groups excluding carboxylic acids is 2. The number of hydrogen-bond acceptors (Lipinski definition) is 8. The van der Waals surface area contributed by atoms with Gasteiger partial charge in [0, 0.05) is 5.56 Å². The van der Waals surface area contributed by atoms with Crippen LogP contribution in [0, 0.1) is 5.82 Å². The molecule has 2 heterocycles. The van der Waals surface area contributed by atoms with E-state index in [1.165, 1.54) is 48.4 Å². The quantitative estimate of drug-likeness (QED) is 0.181. The van der Waals surface area contributed by atoms with E-state index < -0.39 is 29.3 Å². The standard InChI is InChI=1S/C28H23FN2O6S/c1-3-11-37-18-6-4-5-16(12-18)25(33)23-24(15-7-10-20(32)21(13-15)36-2)31(27(35)26(23)34)28-30-19-9-8-17(29)14-22(19)38-28/h4-10,12-14,24,32-33H,3,11H2,1-2H3/b25-23+. The number of phenolic OH excluding ortho intramolecular Hbond substituents is 1. The van der Waals surface area contributed by atoms with E-state index in [2.05, 4.69) is 4.98 Å². The van der Waals surface area contributed by atoms with Crippen molar-refractivity contribution >= 4 is 44.1 Å². The third-order valence-corrected chi connectivity index (χ3v) is 7.11. The van der Waals surface area contributed by atoms with Crippen molar-refractivity contribution in [3.63, 3.8) is 0 Å². The summed E-state index contributed by atoms with van der Waals surface area (Å²) in [5.74, 6) is -2.18. The third-order valence-electron chi connectivity index (χ3n) is 6.09. The summed E-state index contributed by atoms with van der Waals surface area (Å²) >= 11 is 1.04. The topological polar surface area (TPSA) is 109 Å². The van der Waals surface area contributed by atoms with E-state index >= 15 is 0 Å². The highest BCUT2D eigenvalue weighted by atomic mass is 32.1. The number of aromatic nitrogens is 1. The molecule has 1 aliphatic rings. The fourth-order valence-electron chi connectivity index (χ4n) is 4.31. The van der Waals surface area contributed by atoms with Gasteiger partial charge in [-0.05, 0) is 54.4 Å². The number of thiazole rings is 1. The molecule has 5 rings (SSSR count). The molecule has 1 fully saturated rings. The molecule has 0 bridgehead atoms. The van der Waals surface area contributed by atoms with Gasteiger partial charge in [-0.3, -0.25) is 14.5 Å². The highest BCUT2D eigenvalue weighted by Crippen LogP contribution is 2.45. The summed E-state index contributed by atoms with van der Waals surface area (Å²) in [5, 5.41) is 21.7. The zero-order chi connectivity index (χ0) is 27.0. The number of methoxy groups -OCH3 is 1. The lowest BCUT2D eigenvalue weighted by Crippen LogP contribution is -2.29. The molecule has 1 aliphatic heterocycles. The molecule has 1 amide bonds. The predicted octanol–water partition coefficient (Wildman–Crippen LogP) is 5.56. The molecule has 10 heteroatoms. The van der Waals surface area contributed by atoms with Gasteiger partial charge in [0.2, 0.25) is 0 Å². The number of halogens is 1. The van der Waals surface area contributed by atoms with Gasteiger partial charge in [0.1, 0.15) is 17.3 Å². The van der Waals surface area contributed by atoms with Crippen molar-refractivity contribution in [2.24, 2.45) is 0 Å². The summed E-state index contributed by atoms with van der Waals surface area (Å²) in [6, 6.07) is 13.9. The molecule has 0 radical (unpaired) electrons. The van der Waals surface area contributed by atoms with Gasteiger partial charge >= 0.3 is 5.91 Å². The molecule has 1 atom stereocenters. The Kier molecular flexibility index (Phi) is 6.73. The number of aliphatic hydroxyl groups is 1. The van der Waals surface area contributed by atoms with E-state index in [-0.39, 0.29) is 22.2 Å². The van der Waals surface area contributed by atoms with Crippen molar-refractivity contribution in [1.82, 2.24) is 4.98 Å². The molecule has 0 spiro atoms. The number of ether oxygens (including phenoxy) is 2. The second kappa shape index (κ2) is 10.1. The molecule has 8 nitrogen and oxygen atoms in total. The lowest BCUT2D eigenvalue weighted by molar-refractivity contribution is -0.132. The van der Waals surface area contributed by atoms with Crippen LogP contribution in [0.25, 0.3) is 16.0 Å². The fraction of sp³-hybridized carbons (Fsp3) is 0.179. The molecule has 3 aromatic carbocycles. The minimum absolute atomic E-state index is 0.120. The van der Waals surface area contributed by atoms with Gasteiger partial charge in [0.15, 0.2) is 16.6 Å². The molecule has 4 aromatic rings. The van der Waals surface area contributed by atoms with Gasteiger partial charge in [0.05, 0.1) is 35.5 Å². The summed E-state index contributed by atoms with van der Waals surface area (Å²) < 4.78 is 25.2. The second-order valence-corrected chi connectivity index (χ2v) is 9.59. The van der Waals surface area contributed by atoms with E-state index in [0.717, 1.165) is 17.8 Å². The zero-order valence-corrected chi connectivity index (χ0v) is 21.3. The number of anilines is 1. The van der Waals surface area contributed by atoms with E-state index in [4.69, 9.17) is 9.47 Å². The average Bonchev–Trinajstić information content (AvgIpc) is 3.45. The number of amides is 1. The van der Waals surface area contributed by atoms with Crippen molar-refractivity contribution < 1.29 is 33.7 Å². The first-order valence-electron chi connectivity index (χ1n) is 11.8. The minimum Gasteiger partial charge on any atom is -0.507 e. The zero-order valence-electron chi connectivity index (χ0n) is 20.5. The number of rotatable bonds is 7. The molecule has 1 aromatic heterocycles. The molecule has 1 saturated heterocycles. The van der Waals surface area contributed by atoms with Crippen LogP contribution in [0.1, 0.15) is 30.5 Å². The second-order valence-electron chi connectivity index (χ2n) is 8.59. The van der Waals surface area contributed by atoms with Gasteiger partial charge in [-0.2, -0.15) is 0 Å². The highest BCUT2D eigenvalue weighted by Gasteiger charge is 2.48. The van der Waals surface area contributed by atoms with Crippen molar-refractivity contribution in [2.45, 2.75) is 19.4 Å². The number of phenols is 1. The van der Waals surface area contributed by atoms with Crippen LogP contribution in [-0.2, 0) is 9.59 Å². The molecular weight excluding hydrogens is 511 g/mol. The van der Waals surface area contributed by atoms with Crippen LogP contribution in [0.4, 0.5) is 9.52 Å². The van der Waals surface area contributed by atoms with E-state index in [1.807, 2.05) is 6.92 Å². The highest BCUT2D eigenvalue weighted by molar-refractivity contribution is 7.22. The fourth-order valence-corrected chi connectivity index (χ4v) is 5.32. The first-order chi connectivity index (χ1) is 18.3. The predicted molar refractivity (Wildman–Crippen MR) is 141 cm³/mol. The molecule has 0 saturated carbocycles. The number of Topliss-reactive ketones (excluding diaryl/α,β-unsaturated/α-hetero) is 1. The molecule has 2 N–H and O–H groups in total. The maximum absolute atomic E-state index is 13.8. The maximum atomic E-state index is 13.8.